The minimum Gasteiger partial charge on any atom is -0.489 e. The van der Waals surface area contributed by atoms with E-state index in [1.165, 1.54) is 0 Å². The number of pyridine rings is 1. The van der Waals surface area contributed by atoms with Crippen molar-refractivity contribution in [1.29, 1.82) is 0 Å². The predicted molar refractivity (Wildman–Crippen MR) is 84.2 cm³/mol. The zero-order chi connectivity index (χ0) is 16.1. The number of anilines is 1. The number of aryl methyl sites for hydroxylation is 1. The van der Waals surface area contributed by atoms with E-state index >= 15 is 0 Å². The average molecular weight is 316 g/mol. The highest BCUT2D eigenvalue weighted by molar-refractivity contribution is 5.89. The summed E-state index contributed by atoms with van der Waals surface area (Å²) in [5.41, 5.74) is 0. The monoisotopic (exact) mass is 316 g/mol. The second-order valence-corrected chi connectivity index (χ2v) is 5.63. The maximum absolute atomic E-state index is 11.9. The molecule has 1 aliphatic heterocycles. The summed E-state index contributed by atoms with van der Waals surface area (Å²) in [7, 11) is 0. The van der Waals surface area contributed by atoms with E-state index < -0.39 is 0 Å². The number of likely N-dealkylation sites (tertiary alicyclic amines) is 1. The molecule has 0 bridgehead atoms. The second-order valence-electron chi connectivity index (χ2n) is 5.63. The van der Waals surface area contributed by atoms with Gasteiger partial charge < -0.3 is 14.6 Å². The minimum atomic E-state index is -0.0585. The highest BCUT2D eigenvalue weighted by atomic mass is 16.5. The van der Waals surface area contributed by atoms with Gasteiger partial charge in [0.05, 0.1) is 0 Å². The molecule has 1 fully saturated rings. The molecule has 0 spiro atoms. The Bertz CT molecular complexity index is 644. The van der Waals surface area contributed by atoms with Crippen molar-refractivity contribution in [2.75, 3.05) is 25.0 Å². The van der Waals surface area contributed by atoms with Crippen LogP contribution >= 0.6 is 0 Å². The Balaban J connectivity index is 1.39. The van der Waals surface area contributed by atoms with E-state index in [-0.39, 0.29) is 12.0 Å². The fourth-order valence-electron chi connectivity index (χ4n) is 2.60. The molecule has 0 radical (unpaired) electrons. The minimum absolute atomic E-state index is 0.0585. The van der Waals surface area contributed by atoms with E-state index in [1.807, 2.05) is 12.1 Å². The predicted octanol–water partition coefficient (Wildman–Crippen LogP) is 1.86. The molecular weight excluding hydrogens is 296 g/mol. The maximum Gasteiger partial charge on any atom is 0.226 e. The first-order chi connectivity index (χ1) is 11.2. The SMILES string of the molecule is Cc1cc(NC(=O)CCN2CCC(Oc3ccncc3)C2)no1. The molecule has 3 heterocycles. The Morgan fingerprint density at radius 3 is 3.04 bits per heavy atom. The molecule has 7 heteroatoms. The third-order valence-electron chi connectivity index (χ3n) is 3.73. The lowest BCUT2D eigenvalue weighted by Crippen LogP contribution is -2.28. The number of hydrogen-bond acceptors (Lipinski definition) is 6. The molecule has 1 saturated heterocycles. The van der Waals surface area contributed by atoms with Gasteiger partial charge in [0.15, 0.2) is 5.82 Å². The molecule has 0 aromatic carbocycles. The summed E-state index contributed by atoms with van der Waals surface area (Å²) in [6, 6.07) is 5.42. The summed E-state index contributed by atoms with van der Waals surface area (Å²) in [4.78, 5) is 18.1. The fourth-order valence-corrected chi connectivity index (χ4v) is 2.60. The lowest BCUT2D eigenvalue weighted by atomic mass is 10.3. The van der Waals surface area contributed by atoms with Crippen LogP contribution in [0.2, 0.25) is 0 Å². The smallest absolute Gasteiger partial charge is 0.226 e. The molecule has 0 saturated carbocycles. The summed E-state index contributed by atoms with van der Waals surface area (Å²) < 4.78 is 10.8. The van der Waals surface area contributed by atoms with Gasteiger partial charge in [0.25, 0.3) is 0 Å². The molecule has 0 aliphatic carbocycles. The van der Waals surface area contributed by atoms with Crippen molar-refractivity contribution >= 4 is 11.7 Å². The van der Waals surface area contributed by atoms with Gasteiger partial charge in [-0.05, 0) is 25.5 Å². The Hall–Kier alpha value is -2.41. The van der Waals surface area contributed by atoms with Crippen molar-refractivity contribution < 1.29 is 14.1 Å². The Labute approximate surface area is 134 Å². The van der Waals surface area contributed by atoms with Gasteiger partial charge in [0, 0.05) is 44.5 Å². The molecule has 122 valence electrons. The highest BCUT2D eigenvalue weighted by Crippen LogP contribution is 2.17. The van der Waals surface area contributed by atoms with Crippen LogP contribution in [-0.2, 0) is 4.79 Å². The zero-order valence-electron chi connectivity index (χ0n) is 13.1. The molecule has 1 unspecified atom stereocenters. The number of nitrogens with one attached hydrogen (secondary N) is 1. The first-order valence-electron chi connectivity index (χ1n) is 7.71. The highest BCUT2D eigenvalue weighted by Gasteiger charge is 2.24. The number of nitrogens with zero attached hydrogens (tertiary/aromatic N) is 3. The van der Waals surface area contributed by atoms with Gasteiger partial charge in [-0.3, -0.25) is 14.7 Å². The number of amides is 1. The topological polar surface area (TPSA) is 80.5 Å². The van der Waals surface area contributed by atoms with E-state index in [0.717, 1.165) is 25.3 Å². The third-order valence-corrected chi connectivity index (χ3v) is 3.73. The van der Waals surface area contributed by atoms with E-state index in [4.69, 9.17) is 9.26 Å². The van der Waals surface area contributed by atoms with Crippen molar-refractivity contribution in [2.45, 2.75) is 25.9 Å². The van der Waals surface area contributed by atoms with Gasteiger partial charge in [-0.15, -0.1) is 0 Å². The van der Waals surface area contributed by atoms with E-state index in [0.29, 0.717) is 24.5 Å². The van der Waals surface area contributed by atoms with Crippen LogP contribution < -0.4 is 10.1 Å². The number of rotatable bonds is 6. The molecule has 1 N–H and O–H groups in total. The van der Waals surface area contributed by atoms with Crippen molar-refractivity contribution in [3.05, 3.63) is 36.4 Å². The normalized spacial score (nSPS) is 18.0. The van der Waals surface area contributed by atoms with E-state index in [2.05, 4.69) is 20.4 Å². The molecule has 1 amide bonds. The largest absolute Gasteiger partial charge is 0.489 e. The summed E-state index contributed by atoms with van der Waals surface area (Å²) in [5, 5.41) is 6.48. The molecule has 3 rings (SSSR count). The summed E-state index contributed by atoms with van der Waals surface area (Å²) in [5.74, 6) is 1.92. The lowest BCUT2D eigenvalue weighted by Gasteiger charge is -2.16. The van der Waals surface area contributed by atoms with Crippen LogP contribution in [0.5, 0.6) is 5.75 Å². The number of aromatic nitrogens is 2. The number of carbonyl (C=O) groups is 1. The zero-order valence-corrected chi connectivity index (χ0v) is 13.1. The van der Waals surface area contributed by atoms with E-state index in [1.54, 1.807) is 25.4 Å². The van der Waals surface area contributed by atoms with Crippen molar-refractivity contribution in [3.63, 3.8) is 0 Å². The third kappa shape index (κ3) is 4.53. The van der Waals surface area contributed by atoms with Crippen molar-refractivity contribution in [1.82, 2.24) is 15.0 Å². The van der Waals surface area contributed by atoms with Crippen LogP contribution in [0.1, 0.15) is 18.6 Å². The van der Waals surface area contributed by atoms with Gasteiger partial charge in [0.1, 0.15) is 17.6 Å². The van der Waals surface area contributed by atoms with Gasteiger partial charge in [-0.1, -0.05) is 5.16 Å². The Morgan fingerprint density at radius 1 is 1.48 bits per heavy atom. The van der Waals surface area contributed by atoms with Gasteiger partial charge >= 0.3 is 0 Å². The first kappa shape index (κ1) is 15.5. The second kappa shape index (κ2) is 7.23. The first-order valence-corrected chi connectivity index (χ1v) is 7.71. The van der Waals surface area contributed by atoms with Gasteiger partial charge in [0.2, 0.25) is 5.91 Å². The van der Waals surface area contributed by atoms with Crippen LogP contribution in [0.15, 0.2) is 35.1 Å². The summed E-state index contributed by atoms with van der Waals surface area (Å²) >= 11 is 0. The Morgan fingerprint density at radius 2 is 2.30 bits per heavy atom. The van der Waals surface area contributed by atoms with Crippen LogP contribution in [0, 0.1) is 6.92 Å². The van der Waals surface area contributed by atoms with Crippen LogP contribution in [0.4, 0.5) is 5.82 Å². The van der Waals surface area contributed by atoms with Crippen molar-refractivity contribution in [3.8, 4) is 5.75 Å². The quantitative estimate of drug-likeness (QED) is 0.876. The maximum atomic E-state index is 11.9. The molecule has 1 atom stereocenters. The lowest BCUT2D eigenvalue weighted by molar-refractivity contribution is -0.116. The number of hydrogen-bond donors (Lipinski definition) is 1. The molecule has 23 heavy (non-hydrogen) atoms. The number of carbonyl (C=O) groups excluding carboxylic acids is 1. The average Bonchev–Trinajstić information content (AvgIpc) is 3.15. The molecule has 7 nitrogen and oxygen atoms in total. The van der Waals surface area contributed by atoms with Crippen molar-refractivity contribution in [2.24, 2.45) is 0 Å². The van der Waals surface area contributed by atoms with Crippen LogP contribution in [0.25, 0.3) is 0 Å². The summed E-state index contributed by atoms with van der Waals surface area (Å²) in [6.45, 7) is 4.26. The summed E-state index contributed by atoms with van der Waals surface area (Å²) in [6.07, 6.45) is 5.00. The van der Waals surface area contributed by atoms with E-state index in [9.17, 15) is 4.79 Å². The van der Waals surface area contributed by atoms with Crippen LogP contribution in [0.3, 0.4) is 0 Å². The number of ether oxygens (including phenoxy) is 1. The van der Waals surface area contributed by atoms with Crippen LogP contribution in [-0.4, -0.2) is 46.7 Å². The Kier molecular flexibility index (Phi) is 4.87. The standard InChI is InChI=1S/C16H20N4O3/c1-12-10-15(19-23-12)18-16(21)5-9-20-8-4-14(11-20)22-13-2-6-17-7-3-13/h2-3,6-7,10,14H,4-5,8-9,11H2,1H3,(H,18,19,21). The molecular formula is C16H20N4O3. The molecule has 2 aromatic heterocycles. The van der Waals surface area contributed by atoms with Gasteiger partial charge in [-0.2, -0.15) is 0 Å². The molecule has 2 aromatic rings. The van der Waals surface area contributed by atoms with Gasteiger partial charge in [-0.25, -0.2) is 0 Å². The fraction of sp³-hybridized carbons (Fsp3) is 0.438. The molecule has 1 aliphatic rings.